The van der Waals surface area contributed by atoms with E-state index in [1.807, 2.05) is 30.3 Å². The van der Waals surface area contributed by atoms with Gasteiger partial charge in [0.25, 0.3) is 0 Å². The van der Waals surface area contributed by atoms with Crippen molar-refractivity contribution in [1.82, 2.24) is 5.32 Å². The van der Waals surface area contributed by atoms with Gasteiger partial charge in [-0.3, -0.25) is 0 Å². The van der Waals surface area contributed by atoms with E-state index in [9.17, 15) is 9.90 Å². The summed E-state index contributed by atoms with van der Waals surface area (Å²) in [5.41, 5.74) is -0.485. The van der Waals surface area contributed by atoms with Gasteiger partial charge in [0.05, 0.1) is 13.7 Å². The summed E-state index contributed by atoms with van der Waals surface area (Å²) in [4.78, 5) is 12.9. The minimum Gasteiger partial charge on any atom is -0.497 e. The predicted octanol–water partition coefficient (Wildman–Crippen LogP) is 3.94. The van der Waals surface area contributed by atoms with Gasteiger partial charge in [0.15, 0.2) is 0 Å². The van der Waals surface area contributed by atoms with Crippen LogP contribution in [0.5, 0.6) is 5.75 Å². The van der Waals surface area contributed by atoms with Crippen LogP contribution in [0.1, 0.15) is 11.8 Å². The third-order valence-corrected chi connectivity index (χ3v) is 5.27. The van der Waals surface area contributed by atoms with E-state index >= 15 is 0 Å². The standard InChI is InChI=1S/C19H20N2O3S/c1-19(23,17-11-13-5-3-4-6-16(13)25-17)12-20-18(22)21-14-7-9-15(24-2)10-8-14/h3-11,23H,12H2,1-2H3,(H2,20,21,22). The molecule has 0 aliphatic heterocycles. The molecular formula is C19H20N2O3S. The Bertz CT molecular complexity index is 839. The van der Waals surface area contributed by atoms with Crippen LogP contribution in [-0.2, 0) is 5.60 Å². The lowest BCUT2D eigenvalue weighted by Crippen LogP contribution is -2.40. The van der Waals surface area contributed by atoms with Crippen LogP contribution >= 0.6 is 11.3 Å². The van der Waals surface area contributed by atoms with Gasteiger partial charge in [-0.25, -0.2) is 4.79 Å². The van der Waals surface area contributed by atoms with Gasteiger partial charge in [-0.1, -0.05) is 18.2 Å². The molecule has 25 heavy (non-hydrogen) atoms. The van der Waals surface area contributed by atoms with E-state index in [1.54, 1.807) is 38.3 Å². The van der Waals surface area contributed by atoms with Crippen LogP contribution in [0.25, 0.3) is 10.1 Å². The van der Waals surface area contributed by atoms with Crippen molar-refractivity contribution in [2.45, 2.75) is 12.5 Å². The lowest BCUT2D eigenvalue weighted by Gasteiger charge is -2.22. The Hall–Kier alpha value is -2.57. The first-order valence-electron chi connectivity index (χ1n) is 7.88. The molecule has 0 radical (unpaired) electrons. The Kier molecular flexibility index (Phi) is 4.92. The summed E-state index contributed by atoms with van der Waals surface area (Å²) in [5.74, 6) is 0.721. The maximum absolute atomic E-state index is 12.1. The summed E-state index contributed by atoms with van der Waals surface area (Å²) < 4.78 is 6.19. The van der Waals surface area contributed by atoms with Crippen molar-refractivity contribution in [2.24, 2.45) is 0 Å². The van der Waals surface area contributed by atoms with Crippen LogP contribution < -0.4 is 15.4 Å². The maximum Gasteiger partial charge on any atom is 0.319 e. The molecule has 0 saturated carbocycles. The van der Waals surface area contributed by atoms with Crippen LogP contribution in [0.4, 0.5) is 10.5 Å². The molecule has 5 nitrogen and oxygen atoms in total. The van der Waals surface area contributed by atoms with Crippen molar-refractivity contribution >= 4 is 33.1 Å². The SMILES string of the molecule is COc1ccc(NC(=O)NCC(C)(O)c2cc3ccccc3s2)cc1. The predicted molar refractivity (Wildman–Crippen MR) is 101 cm³/mol. The van der Waals surface area contributed by atoms with Gasteiger partial charge in [0.1, 0.15) is 11.4 Å². The Labute approximate surface area is 150 Å². The van der Waals surface area contributed by atoms with Crippen molar-refractivity contribution in [3.8, 4) is 5.75 Å². The average molecular weight is 356 g/mol. The molecule has 0 aliphatic rings. The Morgan fingerprint density at radius 2 is 1.92 bits per heavy atom. The van der Waals surface area contributed by atoms with Gasteiger partial charge in [-0.2, -0.15) is 0 Å². The summed E-state index contributed by atoms with van der Waals surface area (Å²) in [6.45, 7) is 1.81. The van der Waals surface area contributed by atoms with E-state index in [4.69, 9.17) is 4.74 Å². The van der Waals surface area contributed by atoms with Crippen molar-refractivity contribution in [3.05, 3.63) is 59.5 Å². The normalized spacial score (nSPS) is 13.2. The minimum absolute atomic E-state index is 0.113. The number of hydrogen-bond acceptors (Lipinski definition) is 4. The first kappa shape index (κ1) is 17.3. The summed E-state index contributed by atoms with van der Waals surface area (Å²) in [6.07, 6.45) is 0. The van der Waals surface area contributed by atoms with Gasteiger partial charge in [-0.05, 0) is 48.7 Å². The van der Waals surface area contributed by atoms with Gasteiger partial charge in [0, 0.05) is 15.3 Å². The first-order valence-corrected chi connectivity index (χ1v) is 8.70. The van der Waals surface area contributed by atoms with E-state index in [1.165, 1.54) is 11.3 Å². The van der Waals surface area contributed by atoms with E-state index in [0.717, 1.165) is 20.7 Å². The van der Waals surface area contributed by atoms with E-state index in [-0.39, 0.29) is 12.6 Å². The fourth-order valence-corrected chi connectivity index (χ4v) is 3.54. The molecular weight excluding hydrogens is 336 g/mol. The largest absolute Gasteiger partial charge is 0.497 e. The van der Waals surface area contributed by atoms with Crippen LogP contribution in [-0.4, -0.2) is 24.8 Å². The third-order valence-electron chi connectivity index (χ3n) is 3.90. The van der Waals surface area contributed by atoms with Crippen molar-refractivity contribution in [3.63, 3.8) is 0 Å². The van der Waals surface area contributed by atoms with Crippen molar-refractivity contribution in [1.29, 1.82) is 0 Å². The van der Waals surface area contributed by atoms with Crippen LogP contribution in [0.3, 0.4) is 0 Å². The zero-order chi connectivity index (χ0) is 17.9. The summed E-state index contributed by atoms with van der Waals surface area (Å²) in [7, 11) is 1.59. The molecule has 0 saturated heterocycles. The van der Waals surface area contributed by atoms with Gasteiger partial charge < -0.3 is 20.5 Å². The number of fused-ring (bicyclic) bond motifs is 1. The number of anilines is 1. The fourth-order valence-electron chi connectivity index (χ4n) is 2.44. The molecule has 3 rings (SSSR count). The number of carbonyl (C=O) groups excluding carboxylic acids is 1. The molecule has 0 aliphatic carbocycles. The molecule has 1 atom stereocenters. The van der Waals surface area contributed by atoms with E-state index in [0.29, 0.717) is 5.69 Å². The molecule has 130 valence electrons. The van der Waals surface area contributed by atoms with Crippen LogP contribution in [0, 0.1) is 0 Å². The maximum atomic E-state index is 12.1. The number of urea groups is 1. The van der Waals surface area contributed by atoms with E-state index in [2.05, 4.69) is 10.6 Å². The Morgan fingerprint density at radius 3 is 2.60 bits per heavy atom. The number of nitrogens with one attached hydrogen (secondary N) is 2. The number of methoxy groups -OCH3 is 1. The molecule has 0 fully saturated rings. The number of aliphatic hydroxyl groups is 1. The number of rotatable bonds is 5. The minimum atomic E-state index is -1.14. The molecule has 3 aromatic rings. The Balaban J connectivity index is 1.61. The molecule has 1 heterocycles. The summed E-state index contributed by atoms with van der Waals surface area (Å²) >= 11 is 1.53. The summed E-state index contributed by atoms with van der Waals surface area (Å²) in [5, 5.41) is 17.3. The van der Waals surface area contributed by atoms with E-state index < -0.39 is 5.60 Å². The lowest BCUT2D eigenvalue weighted by molar-refractivity contribution is 0.0638. The highest BCUT2D eigenvalue weighted by Gasteiger charge is 2.26. The number of benzene rings is 2. The van der Waals surface area contributed by atoms with Gasteiger partial charge in [-0.15, -0.1) is 11.3 Å². The number of amides is 2. The quantitative estimate of drug-likeness (QED) is 0.648. The monoisotopic (exact) mass is 356 g/mol. The smallest absolute Gasteiger partial charge is 0.319 e. The number of ether oxygens (including phenoxy) is 1. The highest BCUT2D eigenvalue weighted by atomic mass is 32.1. The van der Waals surface area contributed by atoms with Gasteiger partial charge >= 0.3 is 6.03 Å². The number of thiophene rings is 1. The molecule has 3 N–H and O–H groups in total. The molecule has 6 heteroatoms. The second-order valence-corrected chi connectivity index (χ2v) is 7.04. The summed E-state index contributed by atoms with van der Waals surface area (Å²) in [6, 6.07) is 16.6. The average Bonchev–Trinajstić information content (AvgIpc) is 3.06. The van der Waals surface area contributed by atoms with Gasteiger partial charge in [0.2, 0.25) is 0 Å². The first-order chi connectivity index (χ1) is 12.0. The zero-order valence-electron chi connectivity index (χ0n) is 14.1. The second kappa shape index (κ2) is 7.13. The number of hydrogen-bond donors (Lipinski definition) is 3. The molecule has 1 aromatic heterocycles. The highest BCUT2D eigenvalue weighted by Crippen LogP contribution is 2.32. The highest BCUT2D eigenvalue weighted by molar-refractivity contribution is 7.19. The third kappa shape index (κ3) is 4.10. The van der Waals surface area contributed by atoms with Crippen molar-refractivity contribution < 1.29 is 14.6 Å². The van der Waals surface area contributed by atoms with Crippen molar-refractivity contribution in [2.75, 3.05) is 19.0 Å². The molecule has 1 unspecified atom stereocenters. The van der Waals surface area contributed by atoms with Crippen LogP contribution in [0.15, 0.2) is 54.6 Å². The second-order valence-electron chi connectivity index (χ2n) is 5.96. The lowest BCUT2D eigenvalue weighted by atomic mass is 10.0. The molecule has 2 aromatic carbocycles. The number of carbonyl (C=O) groups is 1. The fraction of sp³-hybridized carbons (Fsp3) is 0.211. The Morgan fingerprint density at radius 1 is 1.20 bits per heavy atom. The molecule has 0 bridgehead atoms. The molecule has 2 amide bonds. The topological polar surface area (TPSA) is 70.6 Å². The molecule has 0 spiro atoms. The zero-order valence-corrected chi connectivity index (χ0v) is 14.9. The van der Waals surface area contributed by atoms with Crippen LogP contribution in [0.2, 0.25) is 0 Å².